The van der Waals surface area contributed by atoms with Crippen LogP contribution >= 0.6 is 0 Å². The molecule has 1 unspecified atom stereocenters. The molecule has 0 amide bonds. The minimum atomic E-state index is -0.509. The molecule has 2 aliphatic rings. The van der Waals surface area contributed by atoms with E-state index >= 15 is 0 Å². The van der Waals surface area contributed by atoms with Gasteiger partial charge >= 0.3 is 11.9 Å². The summed E-state index contributed by atoms with van der Waals surface area (Å²) >= 11 is 0. The number of nitrogens with zero attached hydrogens (tertiary/aromatic N) is 1. The highest BCUT2D eigenvalue weighted by Gasteiger charge is 2.43. The molecular weight excluding hydrogens is 454 g/mol. The van der Waals surface area contributed by atoms with E-state index in [2.05, 4.69) is 18.7 Å². The van der Waals surface area contributed by atoms with Crippen LogP contribution in [0, 0.1) is 0 Å². The molecule has 186 valence electrons. The SMILES string of the molecule is CC(C)N1CCOC2(CCCc3cc(OC(=O)c4ccccc4)c(OC(=O)c4ccccc4)cc32)C1. The molecule has 1 heterocycles. The quantitative estimate of drug-likeness (QED) is 0.356. The van der Waals surface area contributed by atoms with E-state index in [0.29, 0.717) is 23.8 Å². The van der Waals surface area contributed by atoms with Gasteiger partial charge in [-0.1, -0.05) is 36.4 Å². The fraction of sp³-hybridized carbons (Fsp3) is 0.333. The summed E-state index contributed by atoms with van der Waals surface area (Å²) in [5.41, 5.74) is 2.43. The van der Waals surface area contributed by atoms with Gasteiger partial charge in [-0.2, -0.15) is 0 Å². The molecular formula is C30H31NO5. The van der Waals surface area contributed by atoms with Crippen LogP contribution in [0.5, 0.6) is 11.5 Å². The number of rotatable bonds is 5. The fourth-order valence-electron chi connectivity index (χ4n) is 5.12. The summed E-state index contributed by atoms with van der Waals surface area (Å²) < 4.78 is 18.1. The third-order valence-electron chi connectivity index (χ3n) is 7.06. The van der Waals surface area contributed by atoms with Gasteiger partial charge in [0.25, 0.3) is 0 Å². The zero-order valence-corrected chi connectivity index (χ0v) is 20.7. The highest BCUT2D eigenvalue weighted by atomic mass is 16.6. The van der Waals surface area contributed by atoms with Crippen LogP contribution < -0.4 is 9.47 Å². The molecule has 1 atom stereocenters. The van der Waals surface area contributed by atoms with E-state index in [4.69, 9.17) is 14.2 Å². The number of carbonyl (C=O) groups is 2. The standard InChI is InChI=1S/C30H31NO5/c1-21(2)31-16-17-34-30(20-31)15-9-14-24-18-26(35-28(32)22-10-5-3-6-11-22)27(19-25(24)30)36-29(33)23-12-7-4-8-13-23/h3-8,10-13,18-19,21H,9,14-17,20H2,1-2H3. The first kappa shape index (κ1) is 24.2. The molecule has 6 nitrogen and oxygen atoms in total. The third-order valence-corrected chi connectivity index (χ3v) is 7.06. The van der Waals surface area contributed by atoms with Gasteiger partial charge in [-0.3, -0.25) is 4.90 Å². The van der Waals surface area contributed by atoms with Crippen molar-refractivity contribution in [3.63, 3.8) is 0 Å². The van der Waals surface area contributed by atoms with Crippen molar-refractivity contribution in [2.75, 3.05) is 19.7 Å². The maximum absolute atomic E-state index is 13.0. The summed E-state index contributed by atoms with van der Waals surface area (Å²) in [6, 6.07) is 21.7. The van der Waals surface area contributed by atoms with Crippen LogP contribution in [-0.4, -0.2) is 42.6 Å². The first-order valence-electron chi connectivity index (χ1n) is 12.5. The van der Waals surface area contributed by atoms with E-state index in [9.17, 15) is 9.59 Å². The molecule has 1 spiro atoms. The van der Waals surface area contributed by atoms with Crippen molar-refractivity contribution in [3.05, 3.63) is 95.1 Å². The van der Waals surface area contributed by atoms with E-state index in [0.717, 1.165) is 43.5 Å². The Kier molecular flexibility index (Phi) is 6.90. The van der Waals surface area contributed by atoms with Crippen molar-refractivity contribution >= 4 is 11.9 Å². The van der Waals surface area contributed by atoms with Crippen LogP contribution in [-0.2, 0) is 16.8 Å². The average Bonchev–Trinajstić information content (AvgIpc) is 2.90. The summed E-state index contributed by atoms with van der Waals surface area (Å²) in [5, 5.41) is 0. The van der Waals surface area contributed by atoms with Crippen LogP contribution in [0.3, 0.4) is 0 Å². The molecule has 0 radical (unpaired) electrons. The lowest BCUT2D eigenvalue weighted by atomic mass is 9.77. The second-order valence-electron chi connectivity index (χ2n) is 9.73. The maximum atomic E-state index is 13.0. The van der Waals surface area contributed by atoms with Crippen LogP contribution in [0.2, 0.25) is 0 Å². The number of fused-ring (bicyclic) bond motifs is 2. The van der Waals surface area contributed by atoms with Gasteiger partial charge in [-0.15, -0.1) is 0 Å². The maximum Gasteiger partial charge on any atom is 0.343 e. The topological polar surface area (TPSA) is 65.1 Å². The van der Waals surface area contributed by atoms with Crippen molar-refractivity contribution < 1.29 is 23.8 Å². The van der Waals surface area contributed by atoms with Gasteiger partial charge in [0.2, 0.25) is 0 Å². The summed E-state index contributed by atoms with van der Waals surface area (Å²) in [7, 11) is 0. The Labute approximate surface area is 211 Å². The van der Waals surface area contributed by atoms with Crippen molar-refractivity contribution in [1.82, 2.24) is 4.90 Å². The Bertz CT molecular complexity index is 1240. The number of ether oxygens (including phenoxy) is 3. The lowest BCUT2D eigenvalue weighted by Crippen LogP contribution is -2.53. The van der Waals surface area contributed by atoms with Gasteiger partial charge < -0.3 is 14.2 Å². The second kappa shape index (κ2) is 10.2. The molecule has 1 aliphatic carbocycles. The molecule has 3 aromatic carbocycles. The summed E-state index contributed by atoms with van der Waals surface area (Å²) in [4.78, 5) is 28.3. The number of benzene rings is 3. The molecule has 1 fully saturated rings. The van der Waals surface area contributed by atoms with Gasteiger partial charge in [-0.25, -0.2) is 9.59 Å². The van der Waals surface area contributed by atoms with E-state index in [1.165, 1.54) is 0 Å². The molecule has 5 rings (SSSR count). The predicted molar refractivity (Wildman–Crippen MR) is 137 cm³/mol. The normalized spacial score (nSPS) is 19.6. The van der Waals surface area contributed by atoms with E-state index in [1.807, 2.05) is 24.3 Å². The average molecular weight is 486 g/mol. The fourth-order valence-corrected chi connectivity index (χ4v) is 5.12. The zero-order chi connectivity index (χ0) is 25.1. The van der Waals surface area contributed by atoms with Gasteiger partial charge in [0.05, 0.1) is 17.7 Å². The minimum absolute atomic E-state index is 0.221. The lowest BCUT2D eigenvalue weighted by Gasteiger charge is -2.47. The number of hydrogen-bond donors (Lipinski definition) is 0. The molecule has 0 bridgehead atoms. The number of morpholine rings is 1. The molecule has 36 heavy (non-hydrogen) atoms. The third kappa shape index (κ3) is 4.92. The molecule has 6 heteroatoms. The van der Waals surface area contributed by atoms with Crippen LogP contribution in [0.25, 0.3) is 0 Å². The molecule has 0 aromatic heterocycles. The molecule has 1 aliphatic heterocycles. The van der Waals surface area contributed by atoms with Crippen LogP contribution in [0.4, 0.5) is 0 Å². The number of esters is 2. The zero-order valence-electron chi connectivity index (χ0n) is 20.7. The van der Waals surface area contributed by atoms with Gasteiger partial charge in [-0.05, 0) is 80.6 Å². The summed E-state index contributed by atoms with van der Waals surface area (Å²) in [6.45, 7) is 6.69. The minimum Gasteiger partial charge on any atom is -0.419 e. The van der Waals surface area contributed by atoms with E-state index in [-0.39, 0.29) is 11.5 Å². The van der Waals surface area contributed by atoms with E-state index < -0.39 is 17.5 Å². The Balaban J connectivity index is 1.54. The highest BCUT2D eigenvalue weighted by molar-refractivity contribution is 5.93. The van der Waals surface area contributed by atoms with Crippen LogP contribution in [0.1, 0.15) is 58.5 Å². The monoisotopic (exact) mass is 485 g/mol. The summed E-state index contributed by atoms with van der Waals surface area (Å²) in [5.74, 6) is -0.553. The van der Waals surface area contributed by atoms with Crippen molar-refractivity contribution in [1.29, 1.82) is 0 Å². The van der Waals surface area contributed by atoms with Crippen molar-refractivity contribution in [2.24, 2.45) is 0 Å². The highest BCUT2D eigenvalue weighted by Crippen LogP contribution is 2.45. The molecule has 3 aromatic rings. The lowest BCUT2D eigenvalue weighted by molar-refractivity contribution is -0.130. The molecule has 0 saturated carbocycles. The Morgan fingerprint density at radius 1 is 0.889 bits per heavy atom. The van der Waals surface area contributed by atoms with Crippen LogP contribution in [0.15, 0.2) is 72.8 Å². The number of carbonyl (C=O) groups excluding carboxylic acids is 2. The van der Waals surface area contributed by atoms with Gasteiger partial charge in [0.15, 0.2) is 11.5 Å². The van der Waals surface area contributed by atoms with Gasteiger partial charge in [0, 0.05) is 19.1 Å². The second-order valence-corrected chi connectivity index (χ2v) is 9.73. The van der Waals surface area contributed by atoms with Crippen molar-refractivity contribution in [2.45, 2.75) is 44.8 Å². The summed E-state index contributed by atoms with van der Waals surface area (Å²) in [6.07, 6.45) is 2.69. The van der Waals surface area contributed by atoms with Crippen molar-refractivity contribution in [3.8, 4) is 11.5 Å². The first-order valence-corrected chi connectivity index (χ1v) is 12.5. The molecule has 1 saturated heterocycles. The smallest absolute Gasteiger partial charge is 0.343 e. The number of hydrogen-bond acceptors (Lipinski definition) is 6. The largest absolute Gasteiger partial charge is 0.419 e. The Morgan fingerprint density at radius 2 is 1.47 bits per heavy atom. The predicted octanol–water partition coefficient (Wildman–Crippen LogP) is 5.40. The number of aryl methyl sites for hydroxylation is 1. The molecule has 0 N–H and O–H groups in total. The van der Waals surface area contributed by atoms with Gasteiger partial charge in [0.1, 0.15) is 5.60 Å². The Morgan fingerprint density at radius 3 is 2.06 bits per heavy atom. The van der Waals surface area contributed by atoms with E-state index in [1.54, 1.807) is 48.5 Å². The first-order chi connectivity index (χ1) is 17.4. The Hall–Kier alpha value is -3.48.